The summed E-state index contributed by atoms with van der Waals surface area (Å²) in [5.74, 6) is 3.71. The molecule has 7 rings (SSSR count). The molecule has 2 aliphatic heterocycles. The molecule has 0 amide bonds. The highest BCUT2D eigenvalue weighted by Crippen LogP contribution is 2.33. The number of aromatic nitrogens is 6. The van der Waals surface area contributed by atoms with Gasteiger partial charge in [0.25, 0.3) is 0 Å². The zero-order chi connectivity index (χ0) is 25.6. The van der Waals surface area contributed by atoms with Crippen LogP contribution in [-0.4, -0.2) is 56.1 Å². The number of H-pyrrole nitrogens is 2. The fourth-order valence-electron chi connectivity index (χ4n) is 6.03. The van der Waals surface area contributed by atoms with E-state index in [1.807, 2.05) is 13.8 Å². The zero-order valence-corrected chi connectivity index (χ0v) is 23.4. The molecule has 39 heavy (non-hydrogen) atoms. The number of nitrogens with one attached hydrogen (secondary N) is 2. The molecular weight excluding hydrogens is 508 g/mol. The van der Waals surface area contributed by atoms with Crippen LogP contribution in [-0.2, 0) is 0 Å². The van der Waals surface area contributed by atoms with E-state index in [1.165, 1.54) is 38.5 Å². The predicted molar refractivity (Wildman–Crippen MR) is 161 cm³/mol. The Labute approximate surface area is 234 Å². The van der Waals surface area contributed by atoms with E-state index in [0.717, 1.165) is 94.0 Å². The van der Waals surface area contributed by atoms with Crippen LogP contribution in [0.4, 0.5) is 11.6 Å². The van der Waals surface area contributed by atoms with Crippen LogP contribution in [0.3, 0.4) is 0 Å². The minimum Gasteiger partial charge on any atom is -0.355 e. The van der Waals surface area contributed by atoms with E-state index in [-0.39, 0.29) is 12.4 Å². The van der Waals surface area contributed by atoms with Gasteiger partial charge in [0.2, 0.25) is 0 Å². The lowest BCUT2D eigenvalue weighted by molar-refractivity contribution is 0.574. The summed E-state index contributed by atoms with van der Waals surface area (Å²) in [6.45, 7) is 8.20. The molecule has 2 aliphatic rings. The molecule has 0 atom stereocenters. The topological polar surface area (TPSA) is 89.6 Å². The average molecular weight is 543 g/mol. The molecule has 2 N–H and O–H groups in total. The SMILES string of the molecule is Cc1nc(N2CCCCC2)c2[nH]c(-c3ccc(-c4cc5nc(C)nc(N6CCCCC6)c5[nH]4)cc3)cc2n1.Cl. The molecule has 0 radical (unpaired) electrons. The van der Waals surface area contributed by atoms with Gasteiger partial charge in [0.15, 0.2) is 11.6 Å². The Bertz CT molecular complexity index is 1490. The Morgan fingerprint density at radius 1 is 0.564 bits per heavy atom. The van der Waals surface area contributed by atoms with E-state index in [9.17, 15) is 0 Å². The number of aryl methyl sites for hydroxylation is 2. The van der Waals surface area contributed by atoms with Gasteiger partial charge in [-0.05, 0) is 75.6 Å². The fourth-order valence-corrected chi connectivity index (χ4v) is 6.03. The zero-order valence-electron chi connectivity index (χ0n) is 22.6. The Morgan fingerprint density at radius 3 is 1.33 bits per heavy atom. The van der Waals surface area contributed by atoms with Gasteiger partial charge in [-0.1, -0.05) is 24.3 Å². The van der Waals surface area contributed by atoms with Crippen LogP contribution >= 0.6 is 12.4 Å². The molecule has 2 fully saturated rings. The standard InChI is InChI=1S/C30H34N8.ClH/c1-19-31-25-17-23(35-27(25)29(33-19)37-13-5-3-6-14-37)21-9-11-22(12-10-21)24-18-26-28(36-24)30(34-20(2)32-26)38-15-7-4-8-16-38;/h9-12,17-18,35-36H,3-8,13-16H2,1-2H3;1H. The van der Waals surface area contributed by atoms with Crippen molar-refractivity contribution in [3.63, 3.8) is 0 Å². The van der Waals surface area contributed by atoms with Crippen LogP contribution < -0.4 is 9.80 Å². The number of piperidine rings is 2. The van der Waals surface area contributed by atoms with Crippen molar-refractivity contribution >= 4 is 46.1 Å². The molecule has 4 aromatic heterocycles. The van der Waals surface area contributed by atoms with Gasteiger partial charge >= 0.3 is 0 Å². The molecule has 6 heterocycles. The molecule has 0 bridgehead atoms. The molecule has 0 saturated carbocycles. The molecule has 202 valence electrons. The second kappa shape index (κ2) is 10.5. The van der Waals surface area contributed by atoms with Crippen molar-refractivity contribution in [3.05, 3.63) is 48.0 Å². The smallest absolute Gasteiger partial charge is 0.156 e. The lowest BCUT2D eigenvalue weighted by Gasteiger charge is -2.28. The minimum atomic E-state index is 0. The summed E-state index contributed by atoms with van der Waals surface area (Å²) in [4.78, 5) is 31.2. The van der Waals surface area contributed by atoms with Crippen LogP contribution in [0.1, 0.15) is 50.2 Å². The van der Waals surface area contributed by atoms with Gasteiger partial charge in [0.1, 0.15) is 22.7 Å². The molecule has 9 heteroatoms. The number of aromatic amines is 2. The second-order valence-corrected chi connectivity index (χ2v) is 10.7. The largest absolute Gasteiger partial charge is 0.355 e. The fraction of sp³-hybridized carbons (Fsp3) is 0.400. The van der Waals surface area contributed by atoms with Gasteiger partial charge in [0, 0.05) is 37.6 Å². The van der Waals surface area contributed by atoms with Crippen molar-refractivity contribution in [2.45, 2.75) is 52.4 Å². The van der Waals surface area contributed by atoms with E-state index in [1.54, 1.807) is 0 Å². The normalized spacial score (nSPS) is 16.2. The summed E-state index contributed by atoms with van der Waals surface area (Å²) >= 11 is 0. The number of fused-ring (bicyclic) bond motifs is 2. The monoisotopic (exact) mass is 542 g/mol. The maximum absolute atomic E-state index is 4.82. The van der Waals surface area contributed by atoms with Gasteiger partial charge in [-0.3, -0.25) is 0 Å². The number of hydrogen-bond acceptors (Lipinski definition) is 6. The summed E-state index contributed by atoms with van der Waals surface area (Å²) in [6.07, 6.45) is 7.48. The third kappa shape index (κ3) is 4.82. The lowest BCUT2D eigenvalue weighted by atomic mass is 10.1. The van der Waals surface area contributed by atoms with E-state index in [4.69, 9.17) is 19.9 Å². The third-order valence-electron chi connectivity index (χ3n) is 7.96. The lowest BCUT2D eigenvalue weighted by Crippen LogP contribution is -2.30. The highest BCUT2D eigenvalue weighted by atomic mass is 35.5. The molecule has 0 spiro atoms. The van der Waals surface area contributed by atoms with Crippen molar-refractivity contribution in [2.75, 3.05) is 36.0 Å². The van der Waals surface area contributed by atoms with Crippen molar-refractivity contribution < 1.29 is 0 Å². The summed E-state index contributed by atoms with van der Waals surface area (Å²) < 4.78 is 0. The molecule has 8 nitrogen and oxygen atoms in total. The summed E-state index contributed by atoms with van der Waals surface area (Å²) in [7, 11) is 0. The van der Waals surface area contributed by atoms with E-state index in [2.05, 4.69) is 56.2 Å². The third-order valence-corrected chi connectivity index (χ3v) is 7.96. The number of hydrogen-bond donors (Lipinski definition) is 2. The van der Waals surface area contributed by atoms with Gasteiger partial charge < -0.3 is 19.8 Å². The minimum absolute atomic E-state index is 0. The first-order valence-corrected chi connectivity index (χ1v) is 14.0. The average Bonchev–Trinajstić information content (AvgIpc) is 3.58. The molecule has 0 unspecified atom stereocenters. The highest BCUT2D eigenvalue weighted by molar-refractivity contribution is 5.92. The molecule has 5 aromatic rings. The molecule has 0 aliphatic carbocycles. The summed E-state index contributed by atoms with van der Waals surface area (Å²) in [6, 6.07) is 13.0. The Morgan fingerprint density at radius 2 is 0.949 bits per heavy atom. The Balaban J connectivity index is 0.00000277. The van der Waals surface area contributed by atoms with E-state index in [0.29, 0.717) is 0 Å². The quantitative estimate of drug-likeness (QED) is 0.266. The predicted octanol–water partition coefficient (Wildman–Crippen LogP) is 6.58. The van der Waals surface area contributed by atoms with Crippen molar-refractivity contribution in [1.29, 1.82) is 0 Å². The Kier molecular flexibility index (Phi) is 6.89. The van der Waals surface area contributed by atoms with Gasteiger partial charge in [-0.25, -0.2) is 19.9 Å². The first-order valence-electron chi connectivity index (χ1n) is 14.0. The van der Waals surface area contributed by atoms with E-state index < -0.39 is 0 Å². The van der Waals surface area contributed by atoms with E-state index >= 15 is 0 Å². The molecule has 1 aromatic carbocycles. The van der Waals surface area contributed by atoms with Gasteiger partial charge in [-0.2, -0.15) is 0 Å². The number of benzene rings is 1. The maximum Gasteiger partial charge on any atom is 0.156 e. The highest BCUT2D eigenvalue weighted by Gasteiger charge is 2.20. The number of halogens is 1. The van der Waals surface area contributed by atoms with Crippen LogP contribution in [0.15, 0.2) is 36.4 Å². The van der Waals surface area contributed by atoms with Crippen LogP contribution in [0, 0.1) is 13.8 Å². The van der Waals surface area contributed by atoms with Crippen LogP contribution in [0.5, 0.6) is 0 Å². The first-order chi connectivity index (χ1) is 18.6. The molecule has 2 saturated heterocycles. The summed E-state index contributed by atoms with van der Waals surface area (Å²) in [5.41, 5.74) is 8.42. The second-order valence-electron chi connectivity index (χ2n) is 10.7. The maximum atomic E-state index is 4.82. The number of nitrogens with zero attached hydrogens (tertiary/aromatic N) is 6. The van der Waals surface area contributed by atoms with Gasteiger partial charge in [-0.15, -0.1) is 12.4 Å². The van der Waals surface area contributed by atoms with Gasteiger partial charge in [0.05, 0.1) is 11.0 Å². The van der Waals surface area contributed by atoms with Crippen LogP contribution in [0.25, 0.3) is 44.6 Å². The van der Waals surface area contributed by atoms with Crippen LogP contribution in [0.2, 0.25) is 0 Å². The Hall–Kier alpha value is -3.65. The molecular formula is C30H35ClN8. The first kappa shape index (κ1) is 25.6. The number of anilines is 2. The van der Waals surface area contributed by atoms with Crippen molar-refractivity contribution in [2.24, 2.45) is 0 Å². The number of rotatable bonds is 4. The van der Waals surface area contributed by atoms with Crippen molar-refractivity contribution in [1.82, 2.24) is 29.9 Å². The summed E-state index contributed by atoms with van der Waals surface area (Å²) in [5, 5.41) is 0. The van der Waals surface area contributed by atoms with Crippen molar-refractivity contribution in [3.8, 4) is 22.5 Å².